The first-order chi connectivity index (χ1) is 8.34. The summed E-state index contributed by atoms with van der Waals surface area (Å²) >= 11 is 1.84. The SMILES string of the molecule is Cc1ccc(-c2nccn2C2CCCCC2)s1. The molecule has 2 heterocycles. The molecule has 0 radical (unpaired) electrons. The lowest BCUT2D eigenvalue weighted by molar-refractivity contribution is 0.356. The third-order valence-corrected chi connectivity index (χ3v) is 4.59. The van der Waals surface area contributed by atoms with Gasteiger partial charge in [-0.15, -0.1) is 11.3 Å². The smallest absolute Gasteiger partial charge is 0.150 e. The topological polar surface area (TPSA) is 17.8 Å². The normalized spacial score (nSPS) is 17.5. The number of hydrogen-bond acceptors (Lipinski definition) is 2. The Balaban J connectivity index is 1.93. The van der Waals surface area contributed by atoms with E-state index in [4.69, 9.17) is 0 Å². The molecule has 3 heteroatoms. The number of aromatic nitrogens is 2. The number of aryl methyl sites for hydroxylation is 1. The average Bonchev–Trinajstić information content (AvgIpc) is 2.98. The van der Waals surface area contributed by atoms with Gasteiger partial charge in [-0.05, 0) is 31.9 Å². The fourth-order valence-corrected chi connectivity index (χ4v) is 3.58. The van der Waals surface area contributed by atoms with Gasteiger partial charge in [-0.1, -0.05) is 19.3 Å². The fourth-order valence-electron chi connectivity index (χ4n) is 2.71. The molecule has 2 aromatic rings. The van der Waals surface area contributed by atoms with Gasteiger partial charge in [0.25, 0.3) is 0 Å². The second-order valence-electron chi connectivity index (χ2n) is 4.86. The van der Waals surface area contributed by atoms with Crippen molar-refractivity contribution in [3.8, 4) is 10.7 Å². The Morgan fingerprint density at radius 3 is 2.76 bits per heavy atom. The Bertz CT molecular complexity index is 492. The van der Waals surface area contributed by atoms with E-state index < -0.39 is 0 Å². The molecule has 90 valence electrons. The molecular weight excluding hydrogens is 228 g/mol. The van der Waals surface area contributed by atoms with E-state index in [0.29, 0.717) is 6.04 Å². The molecule has 1 saturated carbocycles. The molecule has 0 saturated heterocycles. The Hall–Kier alpha value is -1.09. The zero-order valence-electron chi connectivity index (χ0n) is 10.2. The minimum atomic E-state index is 0.670. The van der Waals surface area contributed by atoms with E-state index in [9.17, 15) is 0 Å². The van der Waals surface area contributed by atoms with Gasteiger partial charge in [0, 0.05) is 23.3 Å². The Morgan fingerprint density at radius 1 is 1.24 bits per heavy atom. The summed E-state index contributed by atoms with van der Waals surface area (Å²) in [5.41, 5.74) is 0. The van der Waals surface area contributed by atoms with E-state index in [0.717, 1.165) is 5.82 Å². The molecular formula is C14H18N2S. The lowest BCUT2D eigenvalue weighted by Crippen LogP contribution is -2.12. The highest BCUT2D eigenvalue weighted by atomic mass is 32.1. The van der Waals surface area contributed by atoms with Crippen LogP contribution in [0.1, 0.15) is 43.0 Å². The Kier molecular flexibility index (Phi) is 3.02. The molecule has 1 fully saturated rings. The van der Waals surface area contributed by atoms with Crippen LogP contribution in [0.2, 0.25) is 0 Å². The predicted molar refractivity (Wildman–Crippen MR) is 72.4 cm³/mol. The van der Waals surface area contributed by atoms with Crippen molar-refractivity contribution >= 4 is 11.3 Å². The Labute approximate surface area is 106 Å². The van der Waals surface area contributed by atoms with Gasteiger partial charge in [0.2, 0.25) is 0 Å². The van der Waals surface area contributed by atoms with Crippen LogP contribution in [-0.4, -0.2) is 9.55 Å². The summed E-state index contributed by atoms with van der Waals surface area (Å²) in [4.78, 5) is 7.21. The van der Waals surface area contributed by atoms with Crippen LogP contribution in [0.25, 0.3) is 10.7 Å². The van der Waals surface area contributed by atoms with Crippen molar-refractivity contribution < 1.29 is 0 Å². The summed E-state index contributed by atoms with van der Waals surface area (Å²) in [5, 5.41) is 0. The molecule has 0 aromatic carbocycles. The molecule has 1 aliphatic carbocycles. The van der Waals surface area contributed by atoms with Gasteiger partial charge >= 0.3 is 0 Å². The predicted octanol–water partition coefficient (Wildman–Crippen LogP) is 4.43. The first-order valence-electron chi connectivity index (χ1n) is 6.44. The molecule has 0 aliphatic heterocycles. The molecule has 0 spiro atoms. The van der Waals surface area contributed by atoms with Gasteiger partial charge in [0.15, 0.2) is 0 Å². The minimum absolute atomic E-state index is 0.670. The maximum Gasteiger partial charge on any atom is 0.150 e. The third-order valence-electron chi connectivity index (χ3n) is 3.60. The van der Waals surface area contributed by atoms with Crippen LogP contribution in [0.15, 0.2) is 24.5 Å². The minimum Gasteiger partial charge on any atom is -0.327 e. The van der Waals surface area contributed by atoms with Gasteiger partial charge in [-0.2, -0.15) is 0 Å². The van der Waals surface area contributed by atoms with Crippen molar-refractivity contribution in [1.29, 1.82) is 0 Å². The van der Waals surface area contributed by atoms with Gasteiger partial charge in [0.05, 0.1) is 4.88 Å². The average molecular weight is 246 g/mol. The maximum atomic E-state index is 4.55. The van der Waals surface area contributed by atoms with Crippen molar-refractivity contribution in [3.63, 3.8) is 0 Å². The number of nitrogens with zero attached hydrogens (tertiary/aromatic N) is 2. The van der Waals surface area contributed by atoms with E-state index in [1.165, 1.54) is 41.9 Å². The van der Waals surface area contributed by atoms with Crippen LogP contribution in [0.5, 0.6) is 0 Å². The van der Waals surface area contributed by atoms with Crippen LogP contribution in [0.3, 0.4) is 0 Å². The van der Waals surface area contributed by atoms with Crippen LogP contribution in [0.4, 0.5) is 0 Å². The molecule has 1 aliphatic rings. The number of hydrogen-bond donors (Lipinski definition) is 0. The summed E-state index contributed by atoms with van der Waals surface area (Å²) < 4.78 is 2.39. The second-order valence-corrected chi connectivity index (χ2v) is 6.15. The molecule has 0 bridgehead atoms. The van der Waals surface area contributed by atoms with E-state index >= 15 is 0 Å². The molecule has 3 rings (SSSR count). The van der Waals surface area contributed by atoms with Gasteiger partial charge in [0.1, 0.15) is 5.82 Å². The molecule has 0 N–H and O–H groups in total. The maximum absolute atomic E-state index is 4.55. The zero-order valence-corrected chi connectivity index (χ0v) is 11.0. The monoisotopic (exact) mass is 246 g/mol. The van der Waals surface area contributed by atoms with Gasteiger partial charge in [-0.25, -0.2) is 4.98 Å². The molecule has 0 amide bonds. The molecule has 0 atom stereocenters. The number of imidazole rings is 1. The van der Waals surface area contributed by atoms with Crippen molar-refractivity contribution in [1.82, 2.24) is 9.55 Å². The summed E-state index contributed by atoms with van der Waals surface area (Å²) in [6, 6.07) is 5.05. The first kappa shape index (κ1) is 11.0. The van der Waals surface area contributed by atoms with Gasteiger partial charge < -0.3 is 4.57 Å². The molecule has 2 nitrogen and oxygen atoms in total. The number of rotatable bonds is 2. The quantitative estimate of drug-likeness (QED) is 0.766. The number of thiophene rings is 1. The summed E-state index contributed by atoms with van der Waals surface area (Å²) in [6.07, 6.45) is 10.9. The Morgan fingerprint density at radius 2 is 2.06 bits per heavy atom. The van der Waals surface area contributed by atoms with E-state index in [2.05, 4.69) is 34.8 Å². The van der Waals surface area contributed by atoms with E-state index in [1.54, 1.807) is 0 Å². The van der Waals surface area contributed by atoms with Crippen LogP contribution in [0, 0.1) is 6.92 Å². The summed E-state index contributed by atoms with van der Waals surface area (Å²) in [5.74, 6) is 1.16. The van der Waals surface area contributed by atoms with Crippen molar-refractivity contribution in [2.45, 2.75) is 45.1 Å². The third kappa shape index (κ3) is 2.16. The van der Waals surface area contributed by atoms with Crippen LogP contribution < -0.4 is 0 Å². The van der Waals surface area contributed by atoms with Crippen molar-refractivity contribution in [2.75, 3.05) is 0 Å². The van der Waals surface area contributed by atoms with Gasteiger partial charge in [-0.3, -0.25) is 0 Å². The summed E-state index contributed by atoms with van der Waals surface area (Å²) in [7, 11) is 0. The molecule has 17 heavy (non-hydrogen) atoms. The highest BCUT2D eigenvalue weighted by Gasteiger charge is 2.18. The zero-order chi connectivity index (χ0) is 11.7. The highest BCUT2D eigenvalue weighted by molar-refractivity contribution is 7.15. The largest absolute Gasteiger partial charge is 0.327 e. The van der Waals surface area contributed by atoms with Crippen molar-refractivity contribution in [2.24, 2.45) is 0 Å². The first-order valence-corrected chi connectivity index (χ1v) is 7.26. The molecule has 2 aromatic heterocycles. The highest BCUT2D eigenvalue weighted by Crippen LogP contribution is 2.33. The fraction of sp³-hybridized carbons (Fsp3) is 0.500. The van der Waals surface area contributed by atoms with Crippen molar-refractivity contribution in [3.05, 3.63) is 29.4 Å². The summed E-state index contributed by atoms with van der Waals surface area (Å²) in [6.45, 7) is 2.15. The van der Waals surface area contributed by atoms with E-state index in [-0.39, 0.29) is 0 Å². The van der Waals surface area contributed by atoms with Crippen LogP contribution >= 0.6 is 11.3 Å². The standard InChI is InChI=1S/C14H18N2S/c1-11-7-8-13(17-11)14-15-9-10-16(14)12-5-3-2-4-6-12/h7-10,12H,2-6H2,1H3. The lowest BCUT2D eigenvalue weighted by Gasteiger charge is -2.24. The van der Waals surface area contributed by atoms with E-state index in [1.807, 2.05) is 17.5 Å². The lowest BCUT2D eigenvalue weighted by atomic mass is 9.95. The van der Waals surface area contributed by atoms with Crippen LogP contribution in [-0.2, 0) is 0 Å². The second kappa shape index (κ2) is 4.65. The molecule has 0 unspecified atom stereocenters.